The van der Waals surface area contributed by atoms with E-state index in [9.17, 15) is 9.59 Å². The summed E-state index contributed by atoms with van der Waals surface area (Å²) in [4.78, 5) is 26.6. The van der Waals surface area contributed by atoms with Crippen molar-refractivity contribution < 1.29 is 19.1 Å². The molecule has 1 heterocycles. The van der Waals surface area contributed by atoms with Crippen LogP contribution in [0.4, 0.5) is 4.79 Å². The maximum atomic E-state index is 12.5. The van der Waals surface area contributed by atoms with Gasteiger partial charge in [0.2, 0.25) is 0 Å². The van der Waals surface area contributed by atoms with Gasteiger partial charge in [-0.2, -0.15) is 0 Å². The number of carbonyl (C=O) groups is 2. The fraction of sp³-hybridized carbons (Fsp3) is 0.900. The first kappa shape index (κ1) is 21.0. The van der Waals surface area contributed by atoms with E-state index >= 15 is 0 Å². The van der Waals surface area contributed by atoms with E-state index in [4.69, 9.17) is 9.47 Å². The first-order chi connectivity index (χ1) is 11.9. The van der Waals surface area contributed by atoms with Gasteiger partial charge in [-0.15, -0.1) is 0 Å². The number of nitrogens with one attached hydrogen (secondary N) is 1. The number of nitrogens with zero attached hydrogens (tertiary/aromatic N) is 1. The predicted molar refractivity (Wildman–Crippen MR) is 101 cm³/mol. The first-order valence-corrected chi connectivity index (χ1v) is 9.81. The van der Waals surface area contributed by atoms with Crippen molar-refractivity contribution in [3.05, 3.63) is 0 Å². The summed E-state index contributed by atoms with van der Waals surface area (Å²) in [6.45, 7) is 14.7. The molecule has 2 fully saturated rings. The van der Waals surface area contributed by atoms with Crippen molar-refractivity contribution in [1.82, 2.24) is 10.2 Å². The molecule has 2 rings (SSSR count). The van der Waals surface area contributed by atoms with E-state index in [0.29, 0.717) is 12.5 Å². The molecular weight excluding hydrogens is 332 g/mol. The number of likely N-dealkylation sites (tertiary alicyclic amines) is 1. The molecule has 6 nitrogen and oxygen atoms in total. The quantitative estimate of drug-likeness (QED) is 0.754. The molecule has 0 spiro atoms. The number of carbonyl (C=O) groups excluding carboxylic acids is 2. The van der Waals surface area contributed by atoms with E-state index in [1.165, 1.54) is 0 Å². The van der Waals surface area contributed by atoms with Gasteiger partial charge in [-0.05, 0) is 86.2 Å². The molecule has 6 heteroatoms. The number of amides is 1. The lowest BCUT2D eigenvalue weighted by atomic mass is 9.95. The zero-order chi connectivity index (χ0) is 19.6. The normalized spacial score (nSPS) is 21.2. The molecule has 0 aromatic rings. The number of hydrogen-bond donors (Lipinski definition) is 1. The molecule has 1 saturated carbocycles. The summed E-state index contributed by atoms with van der Waals surface area (Å²) in [7, 11) is 0. The van der Waals surface area contributed by atoms with Crippen LogP contribution in [0, 0.1) is 11.3 Å². The minimum absolute atomic E-state index is 0.0429. The van der Waals surface area contributed by atoms with Gasteiger partial charge >= 0.3 is 12.1 Å². The van der Waals surface area contributed by atoms with Crippen LogP contribution in [-0.4, -0.2) is 54.3 Å². The highest BCUT2D eigenvalue weighted by Gasteiger charge is 2.53. The van der Waals surface area contributed by atoms with Gasteiger partial charge in [0, 0.05) is 13.1 Å². The van der Waals surface area contributed by atoms with Gasteiger partial charge in [-0.1, -0.05) is 0 Å². The minimum Gasteiger partial charge on any atom is -0.460 e. The van der Waals surface area contributed by atoms with Crippen molar-refractivity contribution in [2.75, 3.05) is 26.2 Å². The average Bonchev–Trinajstić information content (AvgIpc) is 3.24. The van der Waals surface area contributed by atoms with Crippen molar-refractivity contribution >= 4 is 12.1 Å². The van der Waals surface area contributed by atoms with Crippen molar-refractivity contribution in [2.24, 2.45) is 11.3 Å². The third-order valence-corrected chi connectivity index (χ3v) is 4.85. The van der Waals surface area contributed by atoms with Crippen molar-refractivity contribution in [3.8, 4) is 0 Å². The third kappa shape index (κ3) is 6.78. The molecule has 0 unspecified atom stereocenters. The second kappa shape index (κ2) is 7.75. The van der Waals surface area contributed by atoms with Crippen LogP contribution in [0.2, 0.25) is 0 Å². The van der Waals surface area contributed by atoms with Gasteiger partial charge in [-0.3, -0.25) is 4.79 Å². The lowest BCUT2D eigenvalue weighted by Crippen LogP contribution is -2.44. The smallest absolute Gasteiger partial charge is 0.407 e. The van der Waals surface area contributed by atoms with Gasteiger partial charge in [0.25, 0.3) is 0 Å². The number of piperidine rings is 1. The molecule has 1 amide bonds. The third-order valence-electron chi connectivity index (χ3n) is 4.85. The Bertz CT molecular complexity index is 507. The van der Waals surface area contributed by atoms with Crippen LogP contribution in [0.15, 0.2) is 0 Å². The lowest BCUT2D eigenvalue weighted by molar-refractivity contribution is -0.162. The van der Waals surface area contributed by atoms with Crippen molar-refractivity contribution in [1.29, 1.82) is 0 Å². The predicted octanol–water partition coefficient (Wildman–Crippen LogP) is 3.35. The molecular formula is C20H36N2O4. The Labute approximate surface area is 158 Å². The van der Waals surface area contributed by atoms with Crippen LogP contribution in [0.5, 0.6) is 0 Å². The standard InChI is InChI=1S/C20H36N2O4/c1-18(2,3)25-16(23)20(9-10-20)14-22-11-7-15(8-12-22)13-21-17(24)26-19(4,5)6/h15H,7-14H2,1-6H3,(H,21,24). The Balaban J connectivity index is 1.70. The Kier molecular flexibility index (Phi) is 6.26. The molecule has 0 bridgehead atoms. The molecule has 0 atom stereocenters. The monoisotopic (exact) mass is 368 g/mol. The average molecular weight is 369 g/mol. The molecule has 1 aliphatic carbocycles. The van der Waals surface area contributed by atoms with Crippen molar-refractivity contribution in [3.63, 3.8) is 0 Å². The zero-order valence-electron chi connectivity index (χ0n) is 17.3. The van der Waals surface area contributed by atoms with E-state index in [2.05, 4.69) is 10.2 Å². The topological polar surface area (TPSA) is 67.9 Å². The molecule has 2 aliphatic rings. The molecule has 0 aromatic carbocycles. The van der Waals surface area contributed by atoms with Crippen LogP contribution in [0.3, 0.4) is 0 Å². The highest BCUT2D eigenvalue weighted by Crippen LogP contribution is 2.48. The van der Waals surface area contributed by atoms with Gasteiger partial charge in [0.05, 0.1) is 5.41 Å². The van der Waals surface area contributed by atoms with E-state index in [0.717, 1.165) is 45.3 Å². The summed E-state index contributed by atoms with van der Waals surface area (Å²) < 4.78 is 10.9. The number of ether oxygens (including phenoxy) is 2. The molecule has 150 valence electrons. The SMILES string of the molecule is CC(C)(C)OC(=O)NCC1CCN(CC2(C(=O)OC(C)(C)C)CC2)CC1. The van der Waals surface area contributed by atoms with E-state index in [1.807, 2.05) is 41.5 Å². The fourth-order valence-corrected chi connectivity index (χ4v) is 3.28. The van der Waals surface area contributed by atoms with E-state index in [-0.39, 0.29) is 17.5 Å². The molecule has 0 aromatic heterocycles. The number of hydrogen-bond acceptors (Lipinski definition) is 5. The maximum Gasteiger partial charge on any atom is 0.407 e. The Morgan fingerprint density at radius 2 is 1.54 bits per heavy atom. The maximum absolute atomic E-state index is 12.5. The summed E-state index contributed by atoms with van der Waals surface area (Å²) in [5.74, 6) is 0.425. The number of rotatable bonds is 5. The van der Waals surface area contributed by atoms with Gasteiger partial charge in [0.15, 0.2) is 0 Å². The minimum atomic E-state index is -0.465. The van der Waals surface area contributed by atoms with Crippen LogP contribution in [0.1, 0.15) is 67.2 Å². The summed E-state index contributed by atoms with van der Waals surface area (Å²) in [5.41, 5.74) is -1.17. The molecule has 26 heavy (non-hydrogen) atoms. The highest BCUT2D eigenvalue weighted by molar-refractivity contribution is 5.80. The highest BCUT2D eigenvalue weighted by atomic mass is 16.6. The van der Waals surface area contributed by atoms with Crippen LogP contribution >= 0.6 is 0 Å². The van der Waals surface area contributed by atoms with Crippen LogP contribution < -0.4 is 5.32 Å². The largest absolute Gasteiger partial charge is 0.460 e. The van der Waals surface area contributed by atoms with Crippen molar-refractivity contribution in [2.45, 2.75) is 78.4 Å². The number of esters is 1. The molecule has 0 radical (unpaired) electrons. The fourth-order valence-electron chi connectivity index (χ4n) is 3.28. The van der Waals surface area contributed by atoms with Gasteiger partial charge in [0.1, 0.15) is 11.2 Å². The molecule has 1 aliphatic heterocycles. The lowest BCUT2D eigenvalue weighted by Gasteiger charge is -2.34. The van der Waals surface area contributed by atoms with Gasteiger partial charge in [-0.25, -0.2) is 4.79 Å². The summed E-state index contributed by atoms with van der Waals surface area (Å²) in [6, 6.07) is 0. The van der Waals surface area contributed by atoms with Crippen LogP contribution in [0.25, 0.3) is 0 Å². The number of alkyl carbamates (subject to hydrolysis) is 1. The summed E-state index contributed by atoms with van der Waals surface area (Å²) >= 11 is 0. The zero-order valence-corrected chi connectivity index (χ0v) is 17.3. The van der Waals surface area contributed by atoms with E-state index < -0.39 is 11.2 Å². The Hall–Kier alpha value is -1.30. The van der Waals surface area contributed by atoms with Gasteiger partial charge < -0.3 is 19.7 Å². The molecule has 1 saturated heterocycles. The van der Waals surface area contributed by atoms with E-state index in [1.54, 1.807) is 0 Å². The Morgan fingerprint density at radius 3 is 2.00 bits per heavy atom. The summed E-state index contributed by atoms with van der Waals surface area (Å²) in [6.07, 6.45) is 3.58. The second-order valence-electron chi connectivity index (χ2n) is 9.88. The Morgan fingerprint density at radius 1 is 1.00 bits per heavy atom. The first-order valence-electron chi connectivity index (χ1n) is 9.81. The second-order valence-corrected chi connectivity index (χ2v) is 9.88. The van der Waals surface area contributed by atoms with Crippen LogP contribution in [-0.2, 0) is 14.3 Å². The summed E-state index contributed by atoms with van der Waals surface area (Å²) in [5, 5.41) is 2.87. The molecule has 1 N–H and O–H groups in total.